The summed E-state index contributed by atoms with van der Waals surface area (Å²) >= 11 is 1.63. The minimum Gasteiger partial charge on any atom is -0.298 e. The number of hydrogen-bond acceptors (Lipinski definition) is 2. The second kappa shape index (κ2) is 3.81. The van der Waals surface area contributed by atoms with E-state index < -0.39 is 0 Å². The predicted octanol–water partition coefficient (Wildman–Crippen LogP) is 2.62. The van der Waals surface area contributed by atoms with Gasteiger partial charge in [0.1, 0.15) is 0 Å². The van der Waals surface area contributed by atoms with Crippen LogP contribution in [0.4, 0.5) is 0 Å². The molecule has 0 spiro atoms. The summed E-state index contributed by atoms with van der Waals surface area (Å²) in [5.41, 5.74) is 0. The van der Waals surface area contributed by atoms with Crippen molar-refractivity contribution in [3.63, 3.8) is 0 Å². The quantitative estimate of drug-likeness (QED) is 0.583. The molecule has 0 aromatic rings. The van der Waals surface area contributed by atoms with Gasteiger partial charge in [0, 0.05) is 6.42 Å². The Bertz CT molecular complexity index is 151. The van der Waals surface area contributed by atoms with Gasteiger partial charge in [-0.3, -0.25) is 4.79 Å². The number of hydrogen-bond donors (Lipinski definition) is 0. The molecular weight excluding hydrogens is 144 g/mol. The maximum Gasteiger partial charge on any atom is 0.151 e. The third-order valence-electron chi connectivity index (χ3n) is 1.41. The highest BCUT2D eigenvalue weighted by molar-refractivity contribution is 8.04. The fourth-order valence-electron chi connectivity index (χ4n) is 0.928. The summed E-state index contributed by atoms with van der Waals surface area (Å²) in [6.45, 7) is 5.78. The molecule has 0 N–H and O–H groups in total. The molecule has 0 aromatic heterocycles. The number of allylic oxidation sites excluding steroid dienone is 1. The molecule has 58 valence electrons. The number of carbonyl (C=O) groups is 1. The van der Waals surface area contributed by atoms with Crippen LogP contribution in [-0.2, 0) is 4.79 Å². The molecule has 0 aliphatic carbocycles. The number of rotatable bonds is 1. The van der Waals surface area contributed by atoms with E-state index in [2.05, 4.69) is 6.58 Å². The topological polar surface area (TPSA) is 17.1 Å². The average Bonchev–Trinajstić information content (AvgIpc) is 2.10. The van der Waals surface area contributed by atoms with E-state index in [1.807, 2.05) is 6.92 Å². The minimum absolute atomic E-state index is 0. The van der Waals surface area contributed by atoms with Gasteiger partial charge in [0.05, 0.1) is 5.25 Å². The highest BCUT2D eigenvalue weighted by Crippen LogP contribution is 2.34. The van der Waals surface area contributed by atoms with E-state index in [1.165, 1.54) is 0 Å². The number of ketones is 1. The van der Waals surface area contributed by atoms with Crippen molar-refractivity contribution in [2.75, 3.05) is 0 Å². The standard InChI is InChI=1S/C7H10OS.CH4/c1-3-7-6(8)4-5(2)9-7;/h7H,2-4H2,1H3;1H4. The largest absolute Gasteiger partial charge is 0.298 e. The van der Waals surface area contributed by atoms with Crippen LogP contribution in [0.1, 0.15) is 27.2 Å². The number of Topliss-reactive ketones (excluding diaryl/α,β-unsaturated/α-hetero) is 1. The molecule has 1 fully saturated rings. The van der Waals surface area contributed by atoms with E-state index in [0.29, 0.717) is 12.2 Å². The van der Waals surface area contributed by atoms with Gasteiger partial charge < -0.3 is 0 Å². The number of thioether (sulfide) groups is 1. The first kappa shape index (κ1) is 9.76. The molecule has 0 aromatic carbocycles. The van der Waals surface area contributed by atoms with Crippen molar-refractivity contribution in [3.05, 3.63) is 11.5 Å². The molecule has 1 saturated heterocycles. The summed E-state index contributed by atoms with van der Waals surface area (Å²) in [6.07, 6.45) is 1.55. The Hall–Kier alpha value is -0.240. The summed E-state index contributed by atoms with van der Waals surface area (Å²) in [5, 5.41) is 0.220. The highest BCUT2D eigenvalue weighted by Gasteiger charge is 2.25. The summed E-state index contributed by atoms with van der Waals surface area (Å²) in [6, 6.07) is 0. The molecule has 1 aliphatic heterocycles. The zero-order chi connectivity index (χ0) is 6.85. The van der Waals surface area contributed by atoms with Crippen molar-refractivity contribution in [1.82, 2.24) is 0 Å². The molecule has 0 amide bonds. The van der Waals surface area contributed by atoms with Gasteiger partial charge in [-0.15, -0.1) is 11.8 Å². The lowest BCUT2D eigenvalue weighted by atomic mass is 10.2. The minimum atomic E-state index is 0. The van der Waals surface area contributed by atoms with E-state index in [9.17, 15) is 4.79 Å². The van der Waals surface area contributed by atoms with Crippen molar-refractivity contribution >= 4 is 17.5 Å². The summed E-state index contributed by atoms with van der Waals surface area (Å²) in [4.78, 5) is 12.0. The van der Waals surface area contributed by atoms with E-state index in [-0.39, 0.29) is 12.7 Å². The molecule has 1 rings (SSSR count). The summed E-state index contributed by atoms with van der Waals surface area (Å²) in [7, 11) is 0. The Balaban J connectivity index is 0.000000810. The van der Waals surface area contributed by atoms with Crippen molar-refractivity contribution in [2.24, 2.45) is 0 Å². The van der Waals surface area contributed by atoms with Crippen molar-refractivity contribution in [1.29, 1.82) is 0 Å². The molecular formula is C8H14OS. The predicted molar refractivity (Wildman–Crippen MR) is 47.2 cm³/mol. The fraction of sp³-hybridized carbons (Fsp3) is 0.625. The third kappa shape index (κ3) is 1.87. The lowest BCUT2D eigenvalue weighted by molar-refractivity contribution is -0.117. The first-order chi connectivity index (χ1) is 4.24. The van der Waals surface area contributed by atoms with Crippen LogP contribution in [0, 0.1) is 0 Å². The van der Waals surface area contributed by atoms with Crippen LogP contribution in [0.5, 0.6) is 0 Å². The Morgan fingerprint density at radius 1 is 1.80 bits per heavy atom. The lowest BCUT2D eigenvalue weighted by Gasteiger charge is -1.98. The van der Waals surface area contributed by atoms with Crippen LogP contribution in [0.2, 0.25) is 0 Å². The number of carbonyl (C=O) groups excluding carboxylic acids is 1. The van der Waals surface area contributed by atoms with Gasteiger partial charge in [-0.1, -0.05) is 20.9 Å². The normalized spacial score (nSPS) is 24.7. The van der Waals surface area contributed by atoms with Gasteiger partial charge in [0.2, 0.25) is 0 Å². The average molecular weight is 158 g/mol. The van der Waals surface area contributed by atoms with Crippen LogP contribution in [0.3, 0.4) is 0 Å². The molecule has 2 heteroatoms. The van der Waals surface area contributed by atoms with E-state index in [0.717, 1.165) is 11.3 Å². The van der Waals surface area contributed by atoms with Crippen LogP contribution in [-0.4, -0.2) is 11.0 Å². The van der Waals surface area contributed by atoms with Crippen molar-refractivity contribution < 1.29 is 4.79 Å². The smallest absolute Gasteiger partial charge is 0.151 e. The van der Waals surface area contributed by atoms with Gasteiger partial charge in [-0.2, -0.15) is 0 Å². The molecule has 0 radical (unpaired) electrons. The Morgan fingerprint density at radius 3 is 2.60 bits per heavy atom. The van der Waals surface area contributed by atoms with Crippen LogP contribution in [0.15, 0.2) is 11.5 Å². The molecule has 0 saturated carbocycles. The van der Waals surface area contributed by atoms with Gasteiger partial charge in [-0.05, 0) is 11.3 Å². The molecule has 1 atom stereocenters. The monoisotopic (exact) mass is 158 g/mol. The van der Waals surface area contributed by atoms with E-state index in [1.54, 1.807) is 11.8 Å². The highest BCUT2D eigenvalue weighted by atomic mass is 32.2. The Kier molecular flexibility index (Phi) is 3.72. The molecule has 1 unspecified atom stereocenters. The molecule has 1 nitrogen and oxygen atoms in total. The molecule has 0 bridgehead atoms. The first-order valence-corrected chi connectivity index (χ1v) is 3.99. The van der Waals surface area contributed by atoms with Crippen molar-refractivity contribution in [2.45, 2.75) is 32.4 Å². The maximum atomic E-state index is 10.9. The van der Waals surface area contributed by atoms with Gasteiger partial charge >= 0.3 is 0 Å². The molecule has 10 heavy (non-hydrogen) atoms. The molecule has 1 aliphatic rings. The second-order valence-electron chi connectivity index (χ2n) is 2.20. The van der Waals surface area contributed by atoms with Crippen LogP contribution in [0.25, 0.3) is 0 Å². The van der Waals surface area contributed by atoms with Gasteiger partial charge in [-0.25, -0.2) is 0 Å². The Labute approximate surface area is 66.9 Å². The Morgan fingerprint density at radius 2 is 2.40 bits per heavy atom. The van der Waals surface area contributed by atoms with Gasteiger partial charge in [0.15, 0.2) is 5.78 Å². The van der Waals surface area contributed by atoms with Gasteiger partial charge in [0.25, 0.3) is 0 Å². The van der Waals surface area contributed by atoms with Crippen molar-refractivity contribution in [3.8, 4) is 0 Å². The SMILES string of the molecule is C.C=C1CC(=O)C(CC)S1. The van der Waals surface area contributed by atoms with Crippen LogP contribution >= 0.6 is 11.8 Å². The summed E-state index contributed by atoms with van der Waals surface area (Å²) < 4.78 is 0. The zero-order valence-corrected chi connectivity index (χ0v) is 6.33. The lowest BCUT2D eigenvalue weighted by Crippen LogP contribution is -2.07. The first-order valence-electron chi connectivity index (χ1n) is 3.11. The summed E-state index contributed by atoms with van der Waals surface area (Å²) in [5.74, 6) is 0.354. The third-order valence-corrected chi connectivity index (χ3v) is 2.77. The maximum absolute atomic E-state index is 10.9. The van der Waals surface area contributed by atoms with E-state index >= 15 is 0 Å². The van der Waals surface area contributed by atoms with Crippen LogP contribution < -0.4 is 0 Å². The molecule has 1 heterocycles. The zero-order valence-electron chi connectivity index (χ0n) is 5.52. The fourth-order valence-corrected chi connectivity index (χ4v) is 1.94. The van der Waals surface area contributed by atoms with E-state index in [4.69, 9.17) is 0 Å². The second-order valence-corrected chi connectivity index (χ2v) is 3.58.